The molecule has 0 aliphatic carbocycles. The van der Waals surface area contributed by atoms with Gasteiger partial charge >= 0.3 is 12.4 Å². The molecule has 1 aliphatic heterocycles. The lowest BCUT2D eigenvalue weighted by Crippen LogP contribution is -2.38. The number of carbonyl (C=O) groups excluding carboxylic acids is 2. The molecule has 0 N–H and O–H groups in total. The van der Waals surface area contributed by atoms with E-state index in [1.165, 1.54) is 12.1 Å². The van der Waals surface area contributed by atoms with Gasteiger partial charge in [-0.05, 0) is 35.9 Å². The highest BCUT2D eigenvalue weighted by molar-refractivity contribution is 6.33. The summed E-state index contributed by atoms with van der Waals surface area (Å²) in [5, 5.41) is 11.7. The lowest BCUT2D eigenvalue weighted by atomic mass is 10.0. The molecular weight excluding hydrogens is 596 g/mol. The molecular formula is C26H18ClF6N5O4. The molecule has 0 unspecified atom stereocenters. The fourth-order valence-electron chi connectivity index (χ4n) is 4.48. The second kappa shape index (κ2) is 11.2. The van der Waals surface area contributed by atoms with Gasteiger partial charge in [-0.3, -0.25) is 9.59 Å². The van der Waals surface area contributed by atoms with Crippen molar-refractivity contribution in [1.82, 2.24) is 20.2 Å². The number of nitrogens with zero attached hydrogens (tertiary/aromatic N) is 5. The Morgan fingerprint density at radius 1 is 1.00 bits per heavy atom. The van der Waals surface area contributed by atoms with E-state index in [-0.39, 0.29) is 83.3 Å². The molecule has 0 amide bonds. The van der Waals surface area contributed by atoms with E-state index in [1.54, 1.807) is 17.0 Å². The number of ketones is 1. The molecule has 0 saturated carbocycles. The first kappa shape index (κ1) is 29.3. The van der Waals surface area contributed by atoms with Crippen LogP contribution in [0.1, 0.15) is 43.2 Å². The van der Waals surface area contributed by atoms with Crippen molar-refractivity contribution in [1.29, 1.82) is 0 Å². The number of benzene rings is 2. The first-order chi connectivity index (χ1) is 19.9. The zero-order valence-electron chi connectivity index (χ0n) is 21.2. The Kier molecular flexibility index (Phi) is 7.81. The smallest absolute Gasteiger partial charge is 0.378 e. The van der Waals surface area contributed by atoms with Crippen molar-refractivity contribution in [3.8, 4) is 11.3 Å². The van der Waals surface area contributed by atoms with Crippen LogP contribution >= 0.6 is 11.6 Å². The molecule has 220 valence electrons. The number of carbonyl (C=O) groups is 2. The number of aldehydes is 1. The van der Waals surface area contributed by atoms with E-state index >= 15 is 0 Å². The van der Waals surface area contributed by atoms with Crippen molar-refractivity contribution < 1.29 is 45.2 Å². The average Bonchev–Trinajstić information content (AvgIpc) is 3.57. The maximum atomic E-state index is 13.9. The van der Waals surface area contributed by atoms with E-state index in [2.05, 4.69) is 15.5 Å². The van der Waals surface area contributed by atoms with Crippen molar-refractivity contribution in [2.75, 3.05) is 31.2 Å². The van der Waals surface area contributed by atoms with Gasteiger partial charge in [0.25, 0.3) is 0 Å². The van der Waals surface area contributed by atoms with Gasteiger partial charge in [0.2, 0.25) is 5.78 Å². The molecule has 42 heavy (non-hydrogen) atoms. The highest BCUT2D eigenvalue weighted by Gasteiger charge is 2.38. The summed E-state index contributed by atoms with van der Waals surface area (Å²) in [4.78, 5) is 27.3. The van der Waals surface area contributed by atoms with Gasteiger partial charge in [0.05, 0.1) is 35.9 Å². The number of aromatic nitrogens is 4. The lowest BCUT2D eigenvalue weighted by molar-refractivity contribution is -0.143. The third-order valence-corrected chi connectivity index (χ3v) is 6.72. The number of anilines is 1. The van der Waals surface area contributed by atoms with Crippen molar-refractivity contribution >= 4 is 29.5 Å². The van der Waals surface area contributed by atoms with E-state index in [4.69, 9.17) is 20.9 Å². The Morgan fingerprint density at radius 2 is 1.64 bits per heavy atom. The summed E-state index contributed by atoms with van der Waals surface area (Å²) in [5.74, 6) is -1.01. The second-order valence-electron chi connectivity index (χ2n) is 9.13. The van der Waals surface area contributed by atoms with Gasteiger partial charge in [-0.25, -0.2) is 4.68 Å². The summed E-state index contributed by atoms with van der Waals surface area (Å²) in [5.41, 5.74) is -4.14. The molecule has 0 bridgehead atoms. The molecule has 2 aromatic carbocycles. The normalized spacial score (nSPS) is 14.3. The number of hydrogen-bond acceptors (Lipinski definition) is 8. The monoisotopic (exact) mass is 613 g/mol. The summed E-state index contributed by atoms with van der Waals surface area (Å²) in [6.07, 6.45) is -9.82. The van der Waals surface area contributed by atoms with E-state index in [1.807, 2.05) is 0 Å². The Labute approximate surface area is 237 Å². The summed E-state index contributed by atoms with van der Waals surface area (Å²) < 4.78 is 92.5. The summed E-state index contributed by atoms with van der Waals surface area (Å²) in [6, 6.07) is 7.45. The standard InChI is InChI=1S/C26H18ClF6N5O4/c27-18-4-2-1-3-17(18)23-20(19(13-39)35-42-23)22(40)21-24(37-5-7-41-8-6-37)38(36-34-21)12-14-9-15(25(28,29)30)11-16(10-14)26(31,32)33/h1-4,9-11,13H,5-8,12H2. The Balaban J connectivity index is 1.63. The molecule has 2 aromatic heterocycles. The van der Waals surface area contributed by atoms with Crippen molar-refractivity contribution in [3.05, 3.63) is 81.1 Å². The first-order valence-electron chi connectivity index (χ1n) is 12.2. The summed E-state index contributed by atoms with van der Waals surface area (Å²) >= 11 is 6.27. The van der Waals surface area contributed by atoms with Crippen LogP contribution in [0.4, 0.5) is 32.2 Å². The highest BCUT2D eigenvalue weighted by atomic mass is 35.5. The third kappa shape index (κ3) is 5.74. The summed E-state index contributed by atoms with van der Waals surface area (Å²) in [6.45, 7) is 0.218. The number of hydrogen-bond donors (Lipinski definition) is 0. The minimum Gasteiger partial charge on any atom is -0.378 e. The number of alkyl halides is 6. The Bertz CT molecular complexity index is 1610. The van der Waals surface area contributed by atoms with Gasteiger partial charge in [0.1, 0.15) is 5.56 Å². The van der Waals surface area contributed by atoms with Crippen molar-refractivity contribution in [3.63, 3.8) is 0 Å². The third-order valence-electron chi connectivity index (χ3n) is 6.39. The molecule has 5 rings (SSSR count). The largest absolute Gasteiger partial charge is 0.416 e. The van der Waals surface area contributed by atoms with Gasteiger partial charge in [0.15, 0.2) is 29.3 Å². The lowest BCUT2D eigenvalue weighted by Gasteiger charge is -2.29. The molecule has 16 heteroatoms. The van der Waals surface area contributed by atoms with Crippen LogP contribution in [0.15, 0.2) is 47.0 Å². The zero-order chi connectivity index (χ0) is 30.2. The number of halogens is 7. The minimum atomic E-state index is -5.05. The highest BCUT2D eigenvalue weighted by Crippen LogP contribution is 2.38. The number of ether oxygens (including phenoxy) is 1. The molecule has 1 aliphatic rings. The quantitative estimate of drug-likeness (QED) is 0.152. The Morgan fingerprint density at radius 3 is 2.24 bits per heavy atom. The minimum absolute atomic E-state index is 0.00238. The topological polar surface area (TPSA) is 103 Å². The van der Waals surface area contributed by atoms with Crippen molar-refractivity contribution in [2.45, 2.75) is 18.9 Å². The first-order valence-corrected chi connectivity index (χ1v) is 12.5. The fraction of sp³-hybridized carbons (Fsp3) is 0.269. The molecule has 1 fully saturated rings. The van der Waals surface area contributed by atoms with Crippen LogP contribution in [0.3, 0.4) is 0 Å². The van der Waals surface area contributed by atoms with E-state index in [9.17, 15) is 35.9 Å². The van der Waals surface area contributed by atoms with Crippen LogP contribution in [-0.2, 0) is 23.6 Å². The maximum absolute atomic E-state index is 13.9. The Hall–Kier alpha value is -4.24. The van der Waals surface area contributed by atoms with Gasteiger partial charge in [-0.2, -0.15) is 26.3 Å². The van der Waals surface area contributed by atoms with Crippen LogP contribution in [0.25, 0.3) is 11.3 Å². The predicted molar refractivity (Wildman–Crippen MR) is 134 cm³/mol. The van der Waals surface area contributed by atoms with E-state index < -0.39 is 35.8 Å². The molecule has 3 heterocycles. The fourth-order valence-corrected chi connectivity index (χ4v) is 4.70. The van der Waals surface area contributed by atoms with E-state index in [0.717, 1.165) is 4.68 Å². The van der Waals surface area contributed by atoms with Gasteiger partial charge in [-0.15, -0.1) is 5.10 Å². The molecule has 0 spiro atoms. The molecule has 1 saturated heterocycles. The predicted octanol–water partition coefficient (Wildman–Crippen LogP) is 5.55. The average molecular weight is 614 g/mol. The van der Waals surface area contributed by atoms with Crippen molar-refractivity contribution in [2.24, 2.45) is 0 Å². The van der Waals surface area contributed by atoms with Crippen LogP contribution in [0.5, 0.6) is 0 Å². The second-order valence-corrected chi connectivity index (χ2v) is 9.54. The number of morpholine rings is 1. The molecule has 9 nitrogen and oxygen atoms in total. The van der Waals surface area contributed by atoms with Crippen LogP contribution in [-0.4, -0.2) is 58.5 Å². The van der Waals surface area contributed by atoms with Crippen LogP contribution in [0, 0.1) is 0 Å². The van der Waals surface area contributed by atoms with E-state index in [0.29, 0.717) is 12.1 Å². The van der Waals surface area contributed by atoms with Crippen LogP contribution < -0.4 is 4.90 Å². The molecule has 0 radical (unpaired) electrons. The van der Waals surface area contributed by atoms with Gasteiger partial charge < -0.3 is 14.2 Å². The summed E-state index contributed by atoms with van der Waals surface area (Å²) in [7, 11) is 0. The van der Waals surface area contributed by atoms with Gasteiger partial charge in [0, 0.05) is 18.7 Å². The SMILES string of the molecule is O=Cc1noc(-c2ccccc2Cl)c1C(=O)c1nnn(Cc2cc(C(F)(F)F)cc(C(F)(F)F)c2)c1N1CCOCC1. The molecule has 4 aromatic rings. The zero-order valence-corrected chi connectivity index (χ0v) is 21.9. The number of rotatable bonds is 7. The van der Waals surface area contributed by atoms with Crippen LogP contribution in [0.2, 0.25) is 5.02 Å². The van der Waals surface area contributed by atoms with Gasteiger partial charge in [-0.1, -0.05) is 34.1 Å². The maximum Gasteiger partial charge on any atom is 0.416 e. The molecule has 0 atom stereocenters.